The average molecular weight is 301 g/mol. The normalized spacial score (nSPS) is 18.0. The summed E-state index contributed by atoms with van der Waals surface area (Å²) in [5.74, 6) is 0.327. The van der Waals surface area contributed by atoms with Gasteiger partial charge in [-0.2, -0.15) is 0 Å². The summed E-state index contributed by atoms with van der Waals surface area (Å²) < 4.78 is 0. The van der Waals surface area contributed by atoms with Gasteiger partial charge in [0.25, 0.3) is 0 Å². The second-order valence-corrected chi connectivity index (χ2v) is 5.95. The van der Waals surface area contributed by atoms with Crippen molar-refractivity contribution in [3.63, 3.8) is 0 Å². The molecule has 1 aliphatic rings. The Kier molecular flexibility index (Phi) is 3.93. The first-order chi connectivity index (χ1) is 10.2. The molecule has 1 atom stereocenters. The molecule has 0 N–H and O–H groups in total. The smallest absolute Gasteiger partial charge is 0.209 e. The number of benzene rings is 1. The molecule has 1 aromatic carbocycles. The number of carbonyl (C=O) groups excluding carboxylic acids is 1. The third-order valence-corrected chi connectivity index (χ3v) is 4.15. The van der Waals surface area contributed by atoms with Crippen LogP contribution in [0, 0.1) is 6.92 Å². The van der Waals surface area contributed by atoms with Crippen LogP contribution < -0.4 is 0 Å². The number of aromatic nitrogens is 1. The Hall–Kier alpha value is -1.87. The molecular weight excluding hydrogens is 284 g/mol. The van der Waals surface area contributed by atoms with Gasteiger partial charge in [0.05, 0.1) is 0 Å². The van der Waals surface area contributed by atoms with E-state index in [1.807, 2.05) is 30.0 Å². The van der Waals surface area contributed by atoms with Crippen molar-refractivity contribution in [3.05, 3.63) is 52.8 Å². The Morgan fingerprint density at radius 2 is 2.14 bits per heavy atom. The summed E-state index contributed by atoms with van der Waals surface area (Å²) in [4.78, 5) is 17.3. The van der Waals surface area contributed by atoms with Gasteiger partial charge in [0.15, 0.2) is 0 Å². The molecule has 0 spiro atoms. The van der Waals surface area contributed by atoms with Crippen molar-refractivity contribution >= 4 is 18.0 Å². The molecule has 2 heterocycles. The zero-order valence-corrected chi connectivity index (χ0v) is 12.7. The molecule has 0 bridgehead atoms. The zero-order chi connectivity index (χ0) is 14.8. The number of hydrogen-bond donors (Lipinski definition) is 0. The van der Waals surface area contributed by atoms with Crippen molar-refractivity contribution in [2.45, 2.75) is 19.3 Å². The highest BCUT2D eigenvalue weighted by Gasteiger charge is 2.24. The summed E-state index contributed by atoms with van der Waals surface area (Å²) >= 11 is 6.08. The molecule has 21 heavy (non-hydrogen) atoms. The molecule has 0 aliphatic carbocycles. The van der Waals surface area contributed by atoms with Gasteiger partial charge in [-0.3, -0.25) is 9.78 Å². The predicted octanol–water partition coefficient (Wildman–Crippen LogP) is 3.66. The molecule has 0 radical (unpaired) electrons. The topological polar surface area (TPSA) is 33.2 Å². The van der Waals surface area contributed by atoms with Crippen LogP contribution in [-0.4, -0.2) is 29.4 Å². The van der Waals surface area contributed by atoms with Gasteiger partial charge >= 0.3 is 0 Å². The predicted molar refractivity (Wildman–Crippen MR) is 84.4 cm³/mol. The number of likely N-dealkylation sites (tertiary alicyclic amines) is 1. The fraction of sp³-hybridized carbons (Fsp3) is 0.294. The molecule has 3 nitrogen and oxygen atoms in total. The van der Waals surface area contributed by atoms with Crippen LogP contribution in [0.15, 0.2) is 36.4 Å². The second kappa shape index (κ2) is 5.86. The van der Waals surface area contributed by atoms with Crippen molar-refractivity contribution in [2.24, 2.45) is 0 Å². The van der Waals surface area contributed by atoms with Gasteiger partial charge in [0, 0.05) is 35.4 Å². The molecule has 2 aromatic rings. The highest BCUT2D eigenvalue weighted by Crippen LogP contribution is 2.30. The lowest BCUT2D eigenvalue weighted by Crippen LogP contribution is -2.17. The minimum atomic E-state index is 0.327. The van der Waals surface area contributed by atoms with Crippen LogP contribution in [0.25, 0.3) is 11.1 Å². The second-order valence-electron chi connectivity index (χ2n) is 5.52. The van der Waals surface area contributed by atoms with Gasteiger partial charge in [-0.15, -0.1) is 0 Å². The van der Waals surface area contributed by atoms with E-state index in [2.05, 4.69) is 23.2 Å². The van der Waals surface area contributed by atoms with Gasteiger partial charge in [-0.1, -0.05) is 23.7 Å². The molecule has 1 fully saturated rings. The number of carbonyl (C=O) groups is 1. The first kappa shape index (κ1) is 14.1. The minimum Gasteiger partial charge on any atom is -0.345 e. The molecular formula is C17H17ClN2O. The average Bonchev–Trinajstić information content (AvgIpc) is 2.95. The van der Waals surface area contributed by atoms with Crippen LogP contribution in [0.1, 0.15) is 23.7 Å². The molecule has 0 saturated carbocycles. The first-order valence-electron chi connectivity index (χ1n) is 7.09. The van der Waals surface area contributed by atoms with E-state index in [1.165, 1.54) is 0 Å². The van der Waals surface area contributed by atoms with Gasteiger partial charge in [-0.25, -0.2) is 0 Å². The summed E-state index contributed by atoms with van der Waals surface area (Å²) in [6.07, 6.45) is 1.90. The lowest BCUT2D eigenvalue weighted by Gasteiger charge is -2.13. The van der Waals surface area contributed by atoms with Crippen molar-refractivity contribution in [2.75, 3.05) is 13.1 Å². The van der Waals surface area contributed by atoms with Crippen molar-refractivity contribution in [1.82, 2.24) is 9.88 Å². The summed E-state index contributed by atoms with van der Waals surface area (Å²) in [6, 6.07) is 12.0. The van der Waals surface area contributed by atoms with Gasteiger partial charge in [0.2, 0.25) is 6.41 Å². The van der Waals surface area contributed by atoms with Gasteiger partial charge in [-0.05, 0) is 48.7 Å². The molecule has 1 saturated heterocycles. The Labute approximate surface area is 129 Å². The van der Waals surface area contributed by atoms with Crippen molar-refractivity contribution in [3.8, 4) is 11.1 Å². The molecule has 3 rings (SSSR count). The number of hydrogen-bond acceptors (Lipinski definition) is 2. The Morgan fingerprint density at radius 3 is 2.86 bits per heavy atom. The van der Waals surface area contributed by atoms with E-state index < -0.39 is 0 Å². The van der Waals surface area contributed by atoms with Crippen molar-refractivity contribution < 1.29 is 4.79 Å². The molecule has 108 valence electrons. The van der Waals surface area contributed by atoms with Crippen LogP contribution >= 0.6 is 11.6 Å². The quantitative estimate of drug-likeness (QED) is 0.811. The van der Waals surface area contributed by atoms with Crippen LogP contribution in [-0.2, 0) is 4.79 Å². The lowest BCUT2D eigenvalue weighted by atomic mass is 9.98. The highest BCUT2D eigenvalue weighted by molar-refractivity contribution is 6.30. The standard InChI is InChI=1S/C17H17ClN2O/c1-12-7-15(13-3-2-4-16(18)8-13)9-17(19-12)14-5-6-20(10-14)11-21/h2-4,7-9,11,14H,5-6,10H2,1H3. The summed E-state index contributed by atoms with van der Waals surface area (Å²) in [5, 5.41) is 0.733. The number of rotatable bonds is 3. The van der Waals surface area contributed by atoms with Crippen molar-refractivity contribution in [1.29, 1.82) is 0 Å². The maximum atomic E-state index is 10.9. The van der Waals surface area contributed by atoms with E-state index in [0.29, 0.717) is 5.92 Å². The monoisotopic (exact) mass is 300 g/mol. The van der Waals surface area contributed by atoms with E-state index in [0.717, 1.165) is 53.5 Å². The van der Waals surface area contributed by atoms with Gasteiger partial charge < -0.3 is 4.90 Å². The Morgan fingerprint density at radius 1 is 1.29 bits per heavy atom. The number of halogens is 1. The highest BCUT2D eigenvalue weighted by atomic mass is 35.5. The van der Waals surface area contributed by atoms with Crippen LogP contribution in [0.2, 0.25) is 5.02 Å². The van der Waals surface area contributed by atoms with Crippen LogP contribution in [0.5, 0.6) is 0 Å². The summed E-state index contributed by atoms with van der Waals surface area (Å²) in [7, 11) is 0. The van der Waals surface area contributed by atoms with E-state index in [-0.39, 0.29) is 0 Å². The van der Waals surface area contributed by atoms with Crippen LogP contribution in [0.4, 0.5) is 0 Å². The van der Waals surface area contributed by atoms with Gasteiger partial charge in [0.1, 0.15) is 0 Å². The number of amides is 1. The third kappa shape index (κ3) is 3.08. The minimum absolute atomic E-state index is 0.327. The maximum Gasteiger partial charge on any atom is 0.209 e. The SMILES string of the molecule is Cc1cc(-c2cccc(Cl)c2)cc(C2CCN(C=O)C2)n1. The largest absolute Gasteiger partial charge is 0.345 e. The van der Waals surface area contributed by atoms with E-state index >= 15 is 0 Å². The molecule has 1 aromatic heterocycles. The molecule has 1 unspecified atom stereocenters. The summed E-state index contributed by atoms with van der Waals surface area (Å²) in [5.41, 5.74) is 4.28. The maximum absolute atomic E-state index is 10.9. The Bertz CT molecular complexity index is 672. The summed E-state index contributed by atoms with van der Waals surface area (Å²) in [6.45, 7) is 3.58. The number of pyridine rings is 1. The first-order valence-corrected chi connectivity index (χ1v) is 7.47. The molecule has 1 amide bonds. The van der Waals surface area contributed by atoms with E-state index in [9.17, 15) is 4.79 Å². The Balaban J connectivity index is 1.95. The fourth-order valence-corrected chi connectivity index (χ4v) is 3.05. The zero-order valence-electron chi connectivity index (χ0n) is 11.9. The molecule has 4 heteroatoms. The fourth-order valence-electron chi connectivity index (χ4n) is 2.86. The molecule has 1 aliphatic heterocycles. The van der Waals surface area contributed by atoms with Crippen LogP contribution in [0.3, 0.4) is 0 Å². The number of aryl methyl sites for hydroxylation is 1. The van der Waals surface area contributed by atoms with E-state index in [4.69, 9.17) is 11.6 Å². The lowest BCUT2D eigenvalue weighted by molar-refractivity contribution is -0.117. The van der Waals surface area contributed by atoms with E-state index in [1.54, 1.807) is 0 Å². The number of nitrogens with zero attached hydrogens (tertiary/aromatic N) is 2. The third-order valence-electron chi connectivity index (χ3n) is 3.92.